The molecule has 4 nitrogen and oxygen atoms in total. The zero-order chi connectivity index (χ0) is 16.8. The monoisotopic (exact) mass is 309 g/mol. The molecule has 0 fully saturated rings. The molecule has 118 valence electrons. The highest BCUT2D eigenvalue weighted by molar-refractivity contribution is 6.04. The molecule has 0 aromatic heterocycles. The van der Waals surface area contributed by atoms with Crippen molar-refractivity contribution in [3.05, 3.63) is 77.0 Å². The van der Waals surface area contributed by atoms with E-state index in [1.54, 1.807) is 18.3 Å². The van der Waals surface area contributed by atoms with E-state index in [1.807, 2.05) is 31.2 Å². The van der Waals surface area contributed by atoms with Crippen LogP contribution in [-0.2, 0) is 6.42 Å². The fourth-order valence-electron chi connectivity index (χ4n) is 2.17. The molecule has 0 spiro atoms. The standard InChI is InChI=1S/C19H19NO3/c1-3-14-4-6-15(7-5-14)18(21)10-11-20-17-9-8-16(19(22)23)12-13(17)2/h4-12,20H,3H2,1-2H3,(H,22,23)/b11-10+. The lowest BCUT2D eigenvalue weighted by Crippen LogP contribution is -2.00. The van der Waals surface area contributed by atoms with Gasteiger partial charge in [-0.3, -0.25) is 4.79 Å². The maximum Gasteiger partial charge on any atom is 0.335 e. The Morgan fingerprint density at radius 1 is 1.09 bits per heavy atom. The molecule has 0 radical (unpaired) electrons. The first-order chi connectivity index (χ1) is 11.0. The van der Waals surface area contributed by atoms with Gasteiger partial charge in [-0.2, -0.15) is 0 Å². The van der Waals surface area contributed by atoms with Crippen LogP contribution >= 0.6 is 0 Å². The van der Waals surface area contributed by atoms with Gasteiger partial charge in [0.25, 0.3) is 0 Å². The summed E-state index contributed by atoms with van der Waals surface area (Å²) < 4.78 is 0. The van der Waals surface area contributed by atoms with Crippen molar-refractivity contribution >= 4 is 17.4 Å². The van der Waals surface area contributed by atoms with Crippen LogP contribution in [0, 0.1) is 6.92 Å². The van der Waals surface area contributed by atoms with Crippen molar-refractivity contribution in [2.45, 2.75) is 20.3 Å². The lowest BCUT2D eigenvalue weighted by Gasteiger charge is -2.06. The summed E-state index contributed by atoms with van der Waals surface area (Å²) in [5.74, 6) is -1.04. The molecule has 0 bridgehead atoms. The second-order valence-corrected chi connectivity index (χ2v) is 5.23. The number of carboxylic acid groups (broad SMARTS) is 1. The molecule has 0 aliphatic heterocycles. The third-order valence-electron chi connectivity index (χ3n) is 3.59. The Labute approximate surface area is 135 Å². The average molecular weight is 309 g/mol. The number of hydrogen-bond donors (Lipinski definition) is 2. The van der Waals surface area contributed by atoms with Gasteiger partial charge in [0.05, 0.1) is 5.56 Å². The molecule has 0 unspecified atom stereocenters. The number of hydrogen-bond acceptors (Lipinski definition) is 3. The van der Waals surface area contributed by atoms with Crippen LogP contribution in [0.15, 0.2) is 54.7 Å². The van der Waals surface area contributed by atoms with E-state index >= 15 is 0 Å². The second kappa shape index (κ2) is 7.40. The smallest absolute Gasteiger partial charge is 0.335 e. The van der Waals surface area contributed by atoms with Crippen LogP contribution < -0.4 is 5.32 Å². The van der Waals surface area contributed by atoms with Gasteiger partial charge in [-0.1, -0.05) is 31.2 Å². The van der Waals surface area contributed by atoms with Gasteiger partial charge < -0.3 is 10.4 Å². The van der Waals surface area contributed by atoms with Gasteiger partial charge in [0.1, 0.15) is 0 Å². The number of aryl methyl sites for hydroxylation is 2. The number of ketones is 1. The lowest BCUT2D eigenvalue weighted by molar-refractivity contribution is 0.0696. The Morgan fingerprint density at radius 3 is 2.30 bits per heavy atom. The minimum absolute atomic E-state index is 0.0834. The fourth-order valence-corrected chi connectivity index (χ4v) is 2.17. The summed E-state index contributed by atoms with van der Waals surface area (Å²) in [6, 6.07) is 12.3. The van der Waals surface area contributed by atoms with E-state index in [9.17, 15) is 9.59 Å². The number of carbonyl (C=O) groups excluding carboxylic acids is 1. The number of nitrogens with one attached hydrogen (secondary N) is 1. The summed E-state index contributed by atoms with van der Waals surface area (Å²) in [4.78, 5) is 22.9. The van der Waals surface area contributed by atoms with Crippen LogP contribution in [0.4, 0.5) is 5.69 Å². The van der Waals surface area contributed by atoms with Gasteiger partial charge in [-0.05, 0) is 42.7 Å². The largest absolute Gasteiger partial charge is 0.478 e. The summed E-state index contributed by atoms with van der Waals surface area (Å²) in [6.07, 6.45) is 3.97. The topological polar surface area (TPSA) is 66.4 Å². The maximum absolute atomic E-state index is 12.1. The van der Waals surface area contributed by atoms with Gasteiger partial charge in [-0.15, -0.1) is 0 Å². The van der Waals surface area contributed by atoms with Crippen LogP contribution in [0.2, 0.25) is 0 Å². The Morgan fingerprint density at radius 2 is 1.74 bits per heavy atom. The zero-order valence-corrected chi connectivity index (χ0v) is 13.2. The normalized spacial score (nSPS) is 10.7. The number of carboxylic acids is 1. The Bertz CT molecular complexity index is 746. The Kier molecular flexibility index (Phi) is 5.31. The van der Waals surface area contributed by atoms with Crippen molar-refractivity contribution in [2.24, 2.45) is 0 Å². The summed E-state index contributed by atoms with van der Waals surface area (Å²) in [5, 5.41) is 11.9. The first kappa shape index (κ1) is 16.5. The van der Waals surface area contributed by atoms with E-state index in [1.165, 1.54) is 17.7 Å². The Hall–Kier alpha value is -2.88. The summed E-state index contributed by atoms with van der Waals surface area (Å²) in [5.41, 5.74) is 3.63. The van der Waals surface area contributed by atoms with Crippen LogP contribution in [0.3, 0.4) is 0 Å². The van der Waals surface area contributed by atoms with E-state index < -0.39 is 5.97 Å². The minimum atomic E-state index is -0.958. The minimum Gasteiger partial charge on any atom is -0.478 e. The molecular formula is C19H19NO3. The number of aromatic carboxylic acids is 1. The fraction of sp³-hybridized carbons (Fsp3) is 0.158. The first-order valence-electron chi connectivity index (χ1n) is 7.41. The number of anilines is 1. The molecule has 0 atom stereocenters. The van der Waals surface area contributed by atoms with Crippen LogP contribution in [-0.4, -0.2) is 16.9 Å². The van der Waals surface area contributed by atoms with E-state index in [0.29, 0.717) is 5.56 Å². The van der Waals surface area contributed by atoms with Crippen molar-refractivity contribution < 1.29 is 14.7 Å². The second-order valence-electron chi connectivity index (χ2n) is 5.23. The number of rotatable bonds is 6. The van der Waals surface area contributed by atoms with E-state index in [0.717, 1.165) is 17.7 Å². The molecule has 0 saturated heterocycles. The third kappa shape index (κ3) is 4.30. The summed E-state index contributed by atoms with van der Waals surface area (Å²) in [6.45, 7) is 3.88. The van der Waals surface area contributed by atoms with E-state index in [4.69, 9.17) is 5.11 Å². The lowest BCUT2D eigenvalue weighted by atomic mass is 10.1. The molecule has 4 heteroatoms. The van der Waals surface area contributed by atoms with Gasteiger partial charge >= 0.3 is 5.97 Å². The molecule has 0 heterocycles. The molecule has 2 aromatic carbocycles. The van der Waals surface area contributed by atoms with Crippen molar-refractivity contribution in [1.82, 2.24) is 0 Å². The Balaban J connectivity index is 2.03. The number of carbonyl (C=O) groups is 2. The van der Waals surface area contributed by atoms with E-state index in [2.05, 4.69) is 12.2 Å². The first-order valence-corrected chi connectivity index (χ1v) is 7.41. The summed E-state index contributed by atoms with van der Waals surface area (Å²) >= 11 is 0. The van der Waals surface area contributed by atoms with Crippen molar-refractivity contribution in [2.75, 3.05) is 5.32 Å². The molecule has 0 amide bonds. The SMILES string of the molecule is CCc1ccc(C(=O)/C=C/Nc2ccc(C(=O)O)cc2C)cc1. The van der Waals surface area contributed by atoms with Gasteiger partial charge in [0, 0.05) is 23.5 Å². The molecule has 0 saturated carbocycles. The van der Waals surface area contributed by atoms with Crippen molar-refractivity contribution in [1.29, 1.82) is 0 Å². The van der Waals surface area contributed by atoms with Gasteiger partial charge in [-0.25, -0.2) is 4.79 Å². The van der Waals surface area contributed by atoms with E-state index in [-0.39, 0.29) is 11.3 Å². The number of benzene rings is 2. The van der Waals surface area contributed by atoms with Crippen molar-refractivity contribution in [3.63, 3.8) is 0 Å². The number of allylic oxidation sites excluding steroid dienone is 1. The highest BCUT2D eigenvalue weighted by atomic mass is 16.4. The molecule has 23 heavy (non-hydrogen) atoms. The zero-order valence-electron chi connectivity index (χ0n) is 13.2. The molecule has 0 aliphatic rings. The predicted molar refractivity (Wildman–Crippen MR) is 91.1 cm³/mol. The van der Waals surface area contributed by atoms with Crippen molar-refractivity contribution in [3.8, 4) is 0 Å². The molecule has 2 rings (SSSR count). The molecule has 2 aromatic rings. The average Bonchev–Trinajstić information content (AvgIpc) is 2.56. The van der Waals surface area contributed by atoms with Crippen LogP contribution in [0.5, 0.6) is 0 Å². The highest BCUT2D eigenvalue weighted by Gasteiger charge is 2.05. The third-order valence-corrected chi connectivity index (χ3v) is 3.59. The molecular weight excluding hydrogens is 290 g/mol. The van der Waals surface area contributed by atoms with Gasteiger partial charge in [0.2, 0.25) is 0 Å². The maximum atomic E-state index is 12.1. The van der Waals surface area contributed by atoms with Gasteiger partial charge in [0.15, 0.2) is 5.78 Å². The van der Waals surface area contributed by atoms with Crippen LogP contribution in [0.25, 0.3) is 0 Å². The predicted octanol–water partition coefficient (Wildman–Crippen LogP) is 4.06. The quantitative estimate of drug-likeness (QED) is 0.623. The highest BCUT2D eigenvalue weighted by Crippen LogP contribution is 2.16. The van der Waals surface area contributed by atoms with Crippen LogP contribution in [0.1, 0.15) is 38.8 Å². The summed E-state index contributed by atoms with van der Waals surface area (Å²) in [7, 11) is 0. The molecule has 2 N–H and O–H groups in total. The molecule has 0 aliphatic carbocycles.